The van der Waals surface area contributed by atoms with Gasteiger partial charge in [-0.15, -0.1) is 0 Å². The predicted molar refractivity (Wildman–Crippen MR) is 76.4 cm³/mol. The topological polar surface area (TPSA) is 59.4 Å². The molecule has 0 aliphatic carbocycles. The number of aliphatic hydroxyl groups excluding tert-OH is 1. The van der Waals surface area contributed by atoms with Gasteiger partial charge in [0.2, 0.25) is 0 Å². The van der Waals surface area contributed by atoms with Crippen molar-refractivity contribution in [3.05, 3.63) is 58.0 Å². The molecule has 102 valence electrons. The number of furan rings is 1. The third-order valence-electron chi connectivity index (χ3n) is 3.48. The van der Waals surface area contributed by atoms with Crippen LogP contribution in [0, 0.1) is 13.8 Å². The lowest BCUT2D eigenvalue weighted by molar-refractivity contribution is 0.122. The molecule has 2 rings (SSSR count). The highest BCUT2D eigenvalue weighted by Gasteiger charge is 2.24. The minimum Gasteiger partial charge on any atom is -0.447 e. The highest BCUT2D eigenvalue weighted by atomic mass is 35.5. The lowest BCUT2D eigenvalue weighted by Crippen LogP contribution is -2.20. The van der Waals surface area contributed by atoms with E-state index in [-0.39, 0.29) is 11.1 Å². The number of nitrogens with two attached hydrogens (primary N) is 1. The summed E-state index contributed by atoms with van der Waals surface area (Å²) in [6, 6.07) is 9.38. The van der Waals surface area contributed by atoms with Gasteiger partial charge in [-0.25, -0.2) is 0 Å². The Bertz CT molecular complexity index is 565. The number of rotatable bonds is 4. The van der Waals surface area contributed by atoms with Gasteiger partial charge < -0.3 is 15.3 Å². The second kappa shape index (κ2) is 5.78. The van der Waals surface area contributed by atoms with Gasteiger partial charge in [0, 0.05) is 12.5 Å². The van der Waals surface area contributed by atoms with Crippen molar-refractivity contribution in [2.45, 2.75) is 25.9 Å². The quantitative estimate of drug-likeness (QED) is 0.902. The Labute approximate surface area is 118 Å². The van der Waals surface area contributed by atoms with E-state index >= 15 is 0 Å². The van der Waals surface area contributed by atoms with Crippen molar-refractivity contribution in [2.24, 2.45) is 5.73 Å². The van der Waals surface area contributed by atoms with Crippen LogP contribution in [0.15, 0.2) is 34.7 Å². The number of benzene rings is 1. The maximum atomic E-state index is 10.4. The molecule has 0 amide bonds. The molecule has 1 aromatic heterocycles. The number of hydrogen-bond donors (Lipinski definition) is 2. The van der Waals surface area contributed by atoms with Crippen LogP contribution in [0.2, 0.25) is 5.22 Å². The maximum Gasteiger partial charge on any atom is 0.193 e. The van der Waals surface area contributed by atoms with Crippen molar-refractivity contribution < 1.29 is 9.52 Å². The first kappa shape index (κ1) is 14.1. The molecule has 0 radical (unpaired) electrons. The first-order valence-corrected chi connectivity index (χ1v) is 6.61. The molecule has 0 fully saturated rings. The summed E-state index contributed by atoms with van der Waals surface area (Å²) in [7, 11) is 0. The summed E-state index contributed by atoms with van der Waals surface area (Å²) in [5.74, 6) is 0.236. The Morgan fingerprint density at radius 2 is 1.95 bits per heavy atom. The van der Waals surface area contributed by atoms with Gasteiger partial charge in [0.05, 0.1) is 0 Å². The number of aryl methyl sites for hydroxylation is 2. The fourth-order valence-electron chi connectivity index (χ4n) is 2.13. The van der Waals surface area contributed by atoms with Crippen molar-refractivity contribution in [3.63, 3.8) is 0 Å². The van der Waals surface area contributed by atoms with Gasteiger partial charge in [-0.3, -0.25) is 0 Å². The Kier molecular flexibility index (Phi) is 4.30. The third kappa shape index (κ3) is 3.00. The lowest BCUT2D eigenvalue weighted by atomic mass is 9.90. The molecule has 0 aliphatic rings. The molecule has 4 heteroatoms. The summed E-state index contributed by atoms with van der Waals surface area (Å²) in [6.45, 7) is 4.43. The molecule has 19 heavy (non-hydrogen) atoms. The van der Waals surface area contributed by atoms with E-state index in [4.69, 9.17) is 21.8 Å². The largest absolute Gasteiger partial charge is 0.447 e. The highest BCUT2D eigenvalue weighted by Crippen LogP contribution is 2.32. The second-order valence-corrected chi connectivity index (χ2v) is 5.15. The summed E-state index contributed by atoms with van der Waals surface area (Å²) in [5, 5.41) is 10.6. The zero-order valence-corrected chi connectivity index (χ0v) is 11.8. The van der Waals surface area contributed by atoms with Crippen LogP contribution in [0.5, 0.6) is 0 Å². The summed E-state index contributed by atoms with van der Waals surface area (Å²) >= 11 is 5.74. The molecule has 0 saturated heterocycles. The Balaban J connectivity index is 2.30. The molecule has 3 N–H and O–H groups in total. The van der Waals surface area contributed by atoms with Gasteiger partial charge in [-0.2, -0.15) is 0 Å². The van der Waals surface area contributed by atoms with E-state index in [9.17, 15) is 5.11 Å². The van der Waals surface area contributed by atoms with Crippen LogP contribution in [-0.2, 0) is 0 Å². The van der Waals surface area contributed by atoms with Gasteiger partial charge in [-0.05, 0) is 54.3 Å². The molecular formula is C15H18ClNO2. The first-order valence-electron chi connectivity index (χ1n) is 6.23. The molecule has 0 aliphatic heterocycles. The molecular weight excluding hydrogens is 262 g/mol. The zero-order chi connectivity index (χ0) is 14.0. The predicted octanol–water partition coefficient (Wildman–Crippen LogP) is 3.33. The van der Waals surface area contributed by atoms with Crippen LogP contribution in [0.4, 0.5) is 0 Å². The number of aliphatic hydroxyl groups is 1. The zero-order valence-electron chi connectivity index (χ0n) is 11.1. The summed E-state index contributed by atoms with van der Waals surface area (Å²) < 4.78 is 5.26. The van der Waals surface area contributed by atoms with E-state index in [1.165, 1.54) is 11.1 Å². The standard InChI is InChI=1S/C15H18ClNO2/c1-9-3-4-11(7-10(9)2)12(8-17)15(18)13-5-6-14(16)19-13/h3-7,12,15,18H,8,17H2,1-2H3. The number of hydrogen-bond acceptors (Lipinski definition) is 3. The summed E-state index contributed by atoms with van der Waals surface area (Å²) in [4.78, 5) is 0. The lowest BCUT2D eigenvalue weighted by Gasteiger charge is -2.21. The van der Waals surface area contributed by atoms with Crippen molar-refractivity contribution in [3.8, 4) is 0 Å². The van der Waals surface area contributed by atoms with Gasteiger partial charge in [0.15, 0.2) is 5.22 Å². The van der Waals surface area contributed by atoms with Gasteiger partial charge >= 0.3 is 0 Å². The van der Waals surface area contributed by atoms with E-state index in [1.807, 2.05) is 19.1 Å². The smallest absolute Gasteiger partial charge is 0.193 e. The maximum absolute atomic E-state index is 10.4. The molecule has 0 spiro atoms. The third-order valence-corrected chi connectivity index (χ3v) is 3.68. The van der Waals surface area contributed by atoms with Crippen LogP contribution in [0.25, 0.3) is 0 Å². The Hall–Kier alpha value is -1.29. The summed E-state index contributed by atoms with van der Waals surface area (Å²) in [5.41, 5.74) is 9.21. The van der Waals surface area contributed by atoms with Crippen LogP contribution in [0.3, 0.4) is 0 Å². The van der Waals surface area contributed by atoms with Crippen molar-refractivity contribution in [1.82, 2.24) is 0 Å². The second-order valence-electron chi connectivity index (χ2n) is 4.77. The molecule has 0 bridgehead atoms. The normalized spacial score (nSPS) is 14.4. The van der Waals surface area contributed by atoms with Crippen LogP contribution in [-0.4, -0.2) is 11.7 Å². The SMILES string of the molecule is Cc1ccc(C(CN)C(O)c2ccc(Cl)o2)cc1C. The van der Waals surface area contributed by atoms with Gasteiger partial charge in [-0.1, -0.05) is 18.2 Å². The van der Waals surface area contributed by atoms with E-state index < -0.39 is 6.10 Å². The average molecular weight is 280 g/mol. The van der Waals surface area contributed by atoms with Crippen molar-refractivity contribution in [2.75, 3.05) is 6.54 Å². The van der Waals surface area contributed by atoms with Crippen LogP contribution >= 0.6 is 11.6 Å². The van der Waals surface area contributed by atoms with Crippen LogP contribution in [0.1, 0.15) is 34.5 Å². The van der Waals surface area contributed by atoms with Crippen molar-refractivity contribution >= 4 is 11.6 Å². The Morgan fingerprint density at radius 1 is 1.21 bits per heavy atom. The fourth-order valence-corrected chi connectivity index (χ4v) is 2.28. The molecule has 0 saturated carbocycles. The molecule has 1 aromatic carbocycles. The first-order chi connectivity index (χ1) is 9.02. The van der Waals surface area contributed by atoms with Crippen LogP contribution < -0.4 is 5.73 Å². The molecule has 2 atom stereocenters. The molecule has 3 nitrogen and oxygen atoms in total. The van der Waals surface area contributed by atoms with Crippen molar-refractivity contribution in [1.29, 1.82) is 0 Å². The highest BCUT2D eigenvalue weighted by molar-refractivity contribution is 6.28. The van der Waals surface area contributed by atoms with E-state index in [2.05, 4.69) is 13.0 Å². The van der Waals surface area contributed by atoms with E-state index in [1.54, 1.807) is 12.1 Å². The summed E-state index contributed by atoms with van der Waals surface area (Å²) in [6.07, 6.45) is -0.792. The fraction of sp³-hybridized carbons (Fsp3) is 0.333. The molecule has 2 unspecified atom stereocenters. The van der Waals surface area contributed by atoms with E-state index in [0.29, 0.717) is 12.3 Å². The number of halogens is 1. The molecule has 1 heterocycles. The minimum absolute atomic E-state index is 0.207. The molecule has 2 aromatic rings. The van der Waals surface area contributed by atoms with Gasteiger partial charge in [0.25, 0.3) is 0 Å². The van der Waals surface area contributed by atoms with E-state index in [0.717, 1.165) is 5.56 Å². The average Bonchev–Trinajstić information content (AvgIpc) is 2.81. The minimum atomic E-state index is -0.792. The Morgan fingerprint density at radius 3 is 2.47 bits per heavy atom. The monoisotopic (exact) mass is 279 g/mol. The van der Waals surface area contributed by atoms with Gasteiger partial charge in [0.1, 0.15) is 11.9 Å².